The van der Waals surface area contributed by atoms with Gasteiger partial charge >= 0.3 is 11.9 Å². The Labute approximate surface area is 154 Å². The maximum absolute atomic E-state index is 12.6. The van der Waals surface area contributed by atoms with Crippen LogP contribution in [0.1, 0.15) is 5.56 Å². The van der Waals surface area contributed by atoms with Crippen molar-refractivity contribution in [2.45, 2.75) is 6.18 Å². The summed E-state index contributed by atoms with van der Waals surface area (Å²) >= 11 is 5.75. The Balaban J connectivity index is 2.31. The van der Waals surface area contributed by atoms with Crippen LogP contribution in [0.4, 0.5) is 18.9 Å². The Bertz CT molecular complexity index is 916. The van der Waals surface area contributed by atoms with Crippen molar-refractivity contribution in [3.63, 3.8) is 0 Å². The maximum atomic E-state index is 12.6. The number of nitro benzene ring substituents is 1. The molecule has 0 aliphatic carbocycles. The second-order valence-electron chi connectivity index (χ2n) is 5.04. The Morgan fingerprint density at radius 3 is 2.37 bits per heavy atom. The van der Waals surface area contributed by atoms with Gasteiger partial charge in [-0.15, -0.1) is 0 Å². The van der Waals surface area contributed by atoms with Crippen LogP contribution in [0.25, 0.3) is 0 Å². The molecule has 1 unspecified atom stereocenters. The average molecular weight is 427 g/mol. The fourth-order valence-electron chi connectivity index (χ4n) is 1.86. The molecule has 0 amide bonds. The molecule has 1 N–H and O–H groups in total. The van der Waals surface area contributed by atoms with E-state index in [1.807, 2.05) is 0 Å². The van der Waals surface area contributed by atoms with Gasteiger partial charge in [0.1, 0.15) is 11.5 Å². The summed E-state index contributed by atoms with van der Waals surface area (Å²) in [6.07, 6.45) is -5.83. The summed E-state index contributed by atoms with van der Waals surface area (Å²) < 4.78 is 58.6. The average Bonchev–Trinajstić information content (AvgIpc) is 2.53. The number of rotatable bonds is 6. The lowest BCUT2D eigenvalue weighted by Gasteiger charge is -2.16. The maximum Gasteiger partial charge on any atom is 0.416 e. The first-order valence-electron chi connectivity index (χ1n) is 6.85. The van der Waals surface area contributed by atoms with Crippen molar-refractivity contribution in [2.75, 3.05) is 6.35 Å². The highest BCUT2D eigenvalue weighted by Gasteiger charge is 2.31. The molecule has 13 heteroatoms. The molecule has 0 aliphatic heterocycles. The van der Waals surface area contributed by atoms with Crippen molar-refractivity contribution in [2.24, 2.45) is 0 Å². The Morgan fingerprint density at radius 1 is 1.19 bits per heavy atom. The highest BCUT2D eigenvalue weighted by molar-refractivity contribution is 7.50. The van der Waals surface area contributed by atoms with E-state index in [1.165, 1.54) is 0 Å². The van der Waals surface area contributed by atoms with Gasteiger partial charge in [0.05, 0.1) is 15.5 Å². The molecule has 1 atom stereocenters. The highest BCUT2D eigenvalue weighted by Crippen LogP contribution is 2.39. The normalized spacial score (nSPS) is 13.7. The first-order valence-corrected chi connectivity index (χ1v) is 8.99. The van der Waals surface area contributed by atoms with Gasteiger partial charge in [0.15, 0.2) is 13.9 Å². The standard InChI is InChI=1S/C14H10ClF3NO7P/c15-10-5-8(14(16,17)18)1-4-12(10)26-9-2-3-11(19(20)21)13(6-9)25-7-27(22,23)24/h1-6H,7H2,(H2,22,23,24)/p-1. The van der Waals surface area contributed by atoms with E-state index in [2.05, 4.69) is 0 Å². The molecule has 27 heavy (non-hydrogen) atoms. The molecule has 2 rings (SSSR count). The summed E-state index contributed by atoms with van der Waals surface area (Å²) in [7, 11) is -4.86. The zero-order chi connectivity index (χ0) is 20.4. The van der Waals surface area contributed by atoms with Gasteiger partial charge < -0.3 is 23.8 Å². The van der Waals surface area contributed by atoms with Crippen molar-refractivity contribution in [1.29, 1.82) is 0 Å². The van der Waals surface area contributed by atoms with Gasteiger partial charge in [-0.25, -0.2) is 0 Å². The second-order valence-corrected chi connectivity index (χ2v) is 6.98. The van der Waals surface area contributed by atoms with Gasteiger partial charge in [-0.1, -0.05) is 11.6 Å². The van der Waals surface area contributed by atoms with Crippen molar-refractivity contribution in [3.8, 4) is 17.2 Å². The third kappa shape index (κ3) is 5.83. The molecule has 0 heterocycles. The molecule has 8 nitrogen and oxygen atoms in total. The third-order valence-electron chi connectivity index (χ3n) is 3.00. The van der Waals surface area contributed by atoms with Crippen LogP contribution in [0, 0.1) is 10.1 Å². The van der Waals surface area contributed by atoms with E-state index in [0.717, 1.165) is 30.3 Å². The lowest BCUT2D eigenvalue weighted by atomic mass is 10.2. The molecule has 2 aromatic rings. The quantitative estimate of drug-likeness (QED) is 0.421. The van der Waals surface area contributed by atoms with E-state index in [4.69, 9.17) is 26.0 Å². The van der Waals surface area contributed by atoms with E-state index in [0.29, 0.717) is 6.07 Å². The minimum atomic E-state index is -4.86. The van der Waals surface area contributed by atoms with Crippen LogP contribution >= 0.6 is 19.2 Å². The largest absolute Gasteiger partial charge is 0.776 e. The molecule has 0 saturated carbocycles. The molecule has 0 fully saturated rings. The van der Waals surface area contributed by atoms with E-state index < -0.39 is 42.0 Å². The van der Waals surface area contributed by atoms with Crippen LogP contribution in [0.15, 0.2) is 36.4 Å². The topological polar surface area (TPSA) is 122 Å². The molecule has 0 saturated heterocycles. The Morgan fingerprint density at radius 2 is 1.85 bits per heavy atom. The number of benzene rings is 2. The molecular weight excluding hydrogens is 418 g/mol. The number of ether oxygens (including phenoxy) is 2. The molecule has 0 spiro atoms. The van der Waals surface area contributed by atoms with Crippen LogP contribution in [-0.2, 0) is 10.7 Å². The molecule has 2 aromatic carbocycles. The van der Waals surface area contributed by atoms with E-state index in [-0.39, 0.29) is 16.5 Å². The van der Waals surface area contributed by atoms with Crippen LogP contribution in [0.3, 0.4) is 0 Å². The van der Waals surface area contributed by atoms with Gasteiger partial charge in [-0.2, -0.15) is 13.2 Å². The molecule has 0 radical (unpaired) electrons. The predicted molar refractivity (Wildman–Crippen MR) is 84.9 cm³/mol. The number of nitro groups is 1. The predicted octanol–water partition coefficient (Wildman–Crippen LogP) is 3.94. The molecule has 0 aromatic heterocycles. The van der Waals surface area contributed by atoms with Gasteiger partial charge in [0, 0.05) is 12.1 Å². The van der Waals surface area contributed by atoms with Gasteiger partial charge in [-0.3, -0.25) is 10.1 Å². The summed E-state index contributed by atoms with van der Waals surface area (Å²) in [5.41, 5.74) is -1.61. The van der Waals surface area contributed by atoms with E-state index >= 15 is 0 Å². The number of halogens is 4. The highest BCUT2D eigenvalue weighted by atomic mass is 35.5. The summed E-state index contributed by atoms with van der Waals surface area (Å²) in [5, 5.41) is 10.6. The molecule has 0 bridgehead atoms. The number of nitrogens with zero attached hydrogens (tertiary/aromatic N) is 1. The lowest BCUT2D eigenvalue weighted by molar-refractivity contribution is -0.385. The smallest absolute Gasteiger partial charge is 0.416 e. The Hall–Kier alpha value is -2.33. The monoisotopic (exact) mass is 426 g/mol. The van der Waals surface area contributed by atoms with E-state index in [1.54, 1.807) is 0 Å². The molecular formula is C14H9ClF3NO7P-. The number of alkyl halides is 3. The lowest BCUT2D eigenvalue weighted by Crippen LogP contribution is -2.09. The van der Waals surface area contributed by atoms with Crippen molar-refractivity contribution < 1.29 is 41.9 Å². The van der Waals surface area contributed by atoms with Gasteiger partial charge in [0.25, 0.3) is 0 Å². The van der Waals surface area contributed by atoms with Crippen molar-refractivity contribution in [1.82, 2.24) is 0 Å². The number of hydrogen-bond acceptors (Lipinski definition) is 6. The van der Waals surface area contributed by atoms with Crippen LogP contribution < -0.4 is 14.4 Å². The molecule has 0 aliphatic rings. The molecule has 146 valence electrons. The van der Waals surface area contributed by atoms with Gasteiger partial charge in [-0.05, 0) is 24.3 Å². The van der Waals surface area contributed by atoms with Crippen LogP contribution in [0.5, 0.6) is 17.2 Å². The first kappa shape index (κ1) is 21.0. The van der Waals surface area contributed by atoms with Crippen LogP contribution in [0.2, 0.25) is 5.02 Å². The van der Waals surface area contributed by atoms with E-state index in [9.17, 15) is 32.7 Å². The Kier molecular flexibility index (Phi) is 6.01. The van der Waals surface area contributed by atoms with Crippen molar-refractivity contribution in [3.05, 3.63) is 57.1 Å². The van der Waals surface area contributed by atoms with Crippen LogP contribution in [-0.4, -0.2) is 16.2 Å². The zero-order valence-electron chi connectivity index (χ0n) is 13.0. The van der Waals surface area contributed by atoms with Crippen molar-refractivity contribution >= 4 is 24.9 Å². The summed E-state index contributed by atoms with van der Waals surface area (Å²) in [5.74, 6) is -0.845. The van der Waals surface area contributed by atoms with Gasteiger partial charge in [0.2, 0.25) is 5.75 Å². The summed E-state index contributed by atoms with van der Waals surface area (Å²) in [4.78, 5) is 29.6. The second kappa shape index (κ2) is 7.73. The zero-order valence-corrected chi connectivity index (χ0v) is 14.6. The number of hydrogen-bond donors (Lipinski definition) is 1. The SMILES string of the molecule is O=[N+]([O-])c1ccc(Oc2ccc(C(F)(F)F)cc2Cl)cc1OCP(=O)([O-])O. The summed E-state index contributed by atoms with van der Waals surface area (Å²) in [6.45, 7) is 0. The fraction of sp³-hybridized carbons (Fsp3) is 0.143. The third-order valence-corrected chi connectivity index (χ3v) is 3.75. The summed E-state index contributed by atoms with van der Waals surface area (Å²) in [6, 6.07) is 5.28. The minimum absolute atomic E-state index is 0.129. The minimum Gasteiger partial charge on any atom is -0.776 e. The fourth-order valence-corrected chi connectivity index (χ4v) is 2.38. The first-order chi connectivity index (χ1) is 12.4.